The lowest BCUT2D eigenvalue weighted by Gasteiger charge is -2.34. The van der Waals surface area contributed by atoms with Crippen molar-refractivity contribution in [3.63, 3.8) is 0 Å². The number of nitrogens with zero attached hydrogens (tertiary/aromatic N) is 2. The Morgan fingerprint density at radius 1 is 1.14 bits per heavy atom. The van der Waals surface area contributed by atoms with Crippen LogP contribution < -0.4 is 4.90 Å². The molecule has 4 nitrogen and oxygen atoms in total. The van der Waals surface area contributed by atoms with E-state index in [-0.39, 0.29) is 11.9 Å². The SMILES string of the molecule is CCN(Cc1ccccc1)C(=O)[C@H](C)[NH+]1CCC(c2nc3ccccc3s2)CC1. The van der Waals surface area contributed by atoms with Crippen molar-refractivity contribution in [1.29, 1.82) is 0 Å². The summed E-state index contributed by atoms with van der Waals surface area (Å²) < 4.78 is 1.28. The molecule has 152 valence electrons. The predicted octanol–water partition coefficient (Wildman–Crippen LogP) is 3.50. The smallest absolute Gasteiger partial charge is 0.280 e. The molecule has 1 aliphatic heterocycles. The lowest BCUT2D eigenvalue weighted by atomic mass is 9.96. The summed E-state index contributed by atoms with van der Waals surface area (Å²) in [4.78, 5) is 21.4. The number of aromatic nitrogens is 1. The van der Waals surface area contributed by atoms with E-state index in [4.69, 9.17) is 4.98 Å². The number of carbonyl (C=O) groups excluding carboxylic acids is 1. The Labute approximate surface area is 177 Å². The number of benzene rings is 2. The van der Waals surface area contributed by atoms with E-state index in [0.29, 0.717) is 12.5 Å². The van der Waals surface area contributed by atoms with Crippen molar-refractivity contribution in [3.8, 4) is 0 Å². The van der Waals surface area contributed by atoms with Crippen molar-refractivity contribution in [2.75, 3.05) is 19.6 Å². The molecule has 29 heavy (non-hydrogen) atoms. The van der Waals surface area contributed by atoms with Crippen LogP contribution in [0.4, 0.5) is 0 Å². The summed E-state index contributed by atoms with van der Waals surface area (Å²) in [6.07, 6.45) is 2.22. The molecule has 1 N–H and O–H groups in total. The summed E-state index contributed by atoms with van der Waals surface area (Å²) in [6, 6.07) is 18.7. The molecule has 2 aromatic carbocycles. The van der Waals surface area contributed by atoms with Gasteiger partial charge in [0.1, 0.15) is 0 Å². The number of para-hydroxylation sites is 1. The van der Waals surface area contributed by atoms with Crippen LogP contribution in [0.1, 0.15) is 43.2 Å². The third-order valence-corrected chi connectivity index (χ3v) is 7.38. The maximum absolute atomic E-state index is 13.1. The Hall–Kier alpha value is -2.24. The Morgan fingerprint density at radius 2 is 1.83 bits per heavy atom. The van der Waals surface area contributed by atoms with Gasteiger partial charge < -0.3 is 9.80 Å². The topological polar surface area (TPSA) is 37.6 Å². The number of fused-ring (bicyclic) bond motifs is 1. The van der Waals surface area contributed by atoms with Gasteiger partial charge >= 0.3 is 0 Å². The molecule has 1 amide bonds. The van der Waals surface area contributed by atoms with Crippen LogP contribution in [0.2, 0.25) is 0 Å². The minimum atomic E-state index is 0.00924. The summed E-state index contributed by atoms with van der Waals surface area (Å²) in [5, 5.41) is 1.27. The molecular formula is C24H30N3OS+. The molecule has 1 aromatic heterocycles. The maximum atomic E-state index is 13.1. The van der Waals surface area contributed by atoms with Crippen LogP contribution in [0.5, 0.6) is 0 Å². The second-order valence-electron chi connectivity index (χ2n) is 8.01. The van der Waals surface area contributed by atoms with Crippen LogP contribution in [-0.2, 0) is 11.3 Å². The van der Waals surface area contributed by atoms with Gasteiger partial charge in [0.15, 0.2) is 6.04 Å². The number of likely N-dealkylation sites (tertiary alicyclic amines) is 1. The molecule has 0 spiro atoms. The summed E-state index contributed by atoms with van der Waals surface area (Å²) in [5.41, 5.74) is 2.31. The Bertz CT molecular complexity index is 914. The fourth-order valence-corrected chi connectivity index (χ4v) is 5.47. The summed E-state index contributed by atoms with van der Waals surface area (Å²) in [7, 11) is 0. The van der Waals surface area contributed by atoms with Crippen molar-refractivity contribution in [3.05, 3.63) is 65.2 Å². The second-order valence-corrected chi connectivity index (χ2v) is 9.07. The van der Waals surface area contributed by atoms with Crippen LogP contribution in [0.25, 0.3) is 10.2 Å². The minimum absolute atomic E-state index is 0.00924. The van der Waals surface area contributed by atoms with Gasteiger partial charge in [0.2, 0.25) is 0 Å². The van der Waals surface area contributed by atoms with Gasteiger partial charge in [-0.25, -0.2) is 4.98 Å². The Balaban J connectivity index is 1.36. The van der Waals surface area contributed by atoms with Crippen molar-refractivity contribution in [2.45, 2.75) is 45.2 Å². The number of carbonyl (C=O) groups is 1. The lowest BCUT2D eigenvalue weighted by Crippen LogP contribution is -3.17. The molecule has 0 saturated carbocycles. The molecule has 0 bridgehead atoms. The summed E-state index contributed by atoms with van der Waals surface area (Å²) in [6.45, 7) is 7.69. The maximum Gasteiger partial charge on any atom is 0.280 e. The number of amides is 1. The first kappa shape index (κ1) is 20.0. The van der Waals surface area contributed by atoms with Crippen molar-refractivity contribution in [2.24, 2.45) is 0 Å². The Morgan fingerprint density at radius 3 is 2.52 bits per heavy atom. The second kappa shape index (κ2) is 9.06. The van der Waals surface area contributed by atoms with Crippen LogP contribution in [0.3, 0.4) is 0 Å². The lowest BCUT2D eigenvalue weighted by molar-refractivity contribution is -0.919. The largest absolute Gasteiger partial charge is 0.334 e. The number of rotatable bonds is 6. The quantitative estimate of drug-likeness (QED) is 0.678. The monoisotopic (exact) mass is 408 g/mol. The average molecular weight is 409 g/mol. The fourth-order valence-electron chi connectivity index (χ4n) is 4.33. The zero-order chi connectivity index (χ0) is 20.2. The number of quaternary nitrogens is 1. The fraction of sp³-hybridized carbons (Fsp3) is 0.417. The van der Waals surface area contributed by atoms with E-state index in [1.807, 2.05) is 34.4 Å². The first-order chi connectivity index (χ1) is 14.2. The molecule has 5 heteroatoms. The molecule has 3 aromatic rings. The highest BCUT2D eigenvalue weighted by atomic mass is 32.1. The van der Waals surface area contributed by atoms with Crippen molar-refractivity contribution < 1.29 is 9.69 Å². The van der Waals surface area contributed by atoms with Gasteiger partial charge in [-0.2, -0.15) is 0 Å². The van der Waals surface area contributed by atoms with E-state index in [9.17, 15) is 4.79 Å². The normalized spacial score (nSPS) is 20.5. The highest BCUT2D eigenvalue weighted by Crippen LogP contribution is 2.31. The van der Waals surface area contributed by atoms with E-state index in [1.54, 1.807) is 0 Å². The van der Waals surface area contributed by atoms with Gasteiger partial charge in [-0.1, -0.05) is 42.5 Å². The third kappa shape index (κ3) is 4.51. The van der Waals surface area contributed by atoms with Gasteiger partial charge in [-0.05, 0) is 31.5 Å². The molecule has 1 fully saturated rings. The van der Waals surface area contributed by atoms with Crippen molar-refractivity contribution >= 4 is 27.5 Å². The highest BCUT2D eigenvalue weighted by molar-refractivity contribution is 7.18. The standard InChI is InChI=1S/C24H29N3OS/c1-3-26(17-19-9-5-4-6-10-19)24(28)18(2)27-15-13-20(14-16-27)23-25-21-11-7-8-12-22(21)29-23/h4-12,18,20H,3,13-17H2,1-2H3/p+1/t18-/m0/s1. The number of piperidine rings is 1. The number of nitrogens with one attached hydrogen (secondary N) is 1. The van der Waals surface area contributed by atoms with E-state index >= 15 is 0 Å². The number of thiazole rings is 1. The minimum Gasteiger partial charge on any atom is -0.334 e. The Kier molecular flexibility index (Phi) is 6.26. The van der Waals surface area contributed by atoms with Crippen LogP contribution in [0.15, 0.2) is 54.6 Å². The molecule has 1 atom stereocenters. The number of likely N-dealkylation sites (N-methyl/N-ethyl adjacent to an activating group) is 1. The summed E-state index contributed by atoms with van der Waals surface area (Å²) in [5.74, 6) is 0.801. The summed E-state index contributed by atoms with van der Waals surface area (Å²) >= 11 is 1.83. The van der Waals surface area contributed by atoms with Crippen LogP contribution >= 0.6 is 11.3 Å². The predicted molar refractivity (Wildman–Crippen MR) is 119 cm³/mol. The molecule has 4 rings (SSSR count). The van der Waals surface area contributed by atoms with Crippen molar-refractivity contribution in [1.82, 2.24) is 9.88 Å². The van der Waals surface area contributed by atoms with E-state index in [1.165, 1.54) is 20.2 Å². The van der Waals surface area contributed by atoms with Gasteiger partial charge in [0, 0.05) is 31.8 Å². The molecular weight excluding hydrogens is 378 g/mol. The molecule has 0 unspecified atom stereocenters. The van der Waals surface area contributed by atoms with Gasteiger partial charge in [0.05, 0.1) is 28.3 Å². The van der Waals surface area contributed by atoms with E-state index < -0.39 is 0 Å². The molecule has 1 aliphatic rings. The first-order valence-electron chi connectivity index (χ1n) is 10.7. The number of hydrogen-bond donors (Lipinski definition) is 1. The first-order valence-corrected chi connectivity index (χ1v) is 11.5. The van der Waals surface area contributed by atoms with Crippen LogP contribution in [0, 0.1) is 0 Å². The van der Waals surface area contributed by atoms with Gasteiger partial charge in [-0.15, -0.1) is 11.3 Å². The van der Waals surface area contributed by atoms with Gasteiger partial charge in [0.25, 0.3) is 5.91 Å². The average Bonchev–Trinajstić information content (AvgIpc) is 3.21. The highest BCUT2D eigenvalue weighted by Gasteiger charge is 2.33. The molecule has 1 saturated heterocycles. The van der Waals surface area contributed by atoms with Crippen LogP contribution in [-0.4, -0.2) is 41.5 Å². The van der Waals surface area contributed by atoms with E-state index in [2.05, 4.69) is 50.2 Å². The molecule has 0 radical (unpaired) electrons. The molecule has 2 heterocycles. The molecule has 0 aliphatic carbocycles. The number of hydrogen-bond acceptors (Lipinski definition) is 3. The zero-order valence-corrected chi connectivity index (χ0v) is 18.1. The third-order valence-electron chi connectivity index (χ3n) is 6.18. The zero-order valence-electron chi connectivity index (χ0n) is 17.3. The van der Waals surface area contributed by atoms with Gasteiger partial charge in [-0.3, -0.25) is 4.79 Å². The van der Waals surface area contributed by atoms with E-state index in [0.717, 1.165) is 38.0 Å².